The van der Waals surface area contributed by atoms with Crippen LogP contribution >= 0.6 is 11.6 Å². The lowest BCUT2D eigenvalue weighted by Gasteiger charge is -2.07. The van der Waals surface area contributed by atoms with E-state index in [0.29, 0.717) is 0 Å². The highest BCUT2D eigenvalue weighted by Crippen LogP contribution is 2.28. The van der Waals surface area contributed by atoms with Crippen LogP contribution in [0.5, 0.6) is 5.75 Å². The van der Waals surface area contributed by atoms with Gasteiger partial charge in [0.2, 0.25) is 0 Å². The minimum Gasteiger partial charge on any atom is -0.506 e. The van der Waals surface area contributed by atoms with Crippen molar-refractivity contribution >= 4 is 28.5 Å². The number of aromatic hydroxyl groups is 1. The second kappa shape index (κ2) is 4.85. The Hall–Kier alpha value is -2.15. The quantitative estimate of drug-likeness (QED) is 0.646. The van der Waals surface area contributed by atoms with Gasteiger partial charge in [0.15, 0.2) is 16.5 Å². The maximum atomic E-state index is 13.6. The Bertz CT molecular complexity index is 729. The third-order valence-electron chi connectivity index (χ3n) is 2.41. The number of rotatable bonds is 2. The molecular weight excluding hydrogens is 279 g/mol. The van der Waals surface area contributed by atoms with Crippen LogP contribution in [0.25, 0.3) is 10.9 Å². The first kappa shape index (κ1) is 13.3. The summed E-state index contributed by atoms with van der Waals surface area (Å²) in [7, 11) is 0. The van der Waals surface area contributed by atoms with E-state index in [0.717, 1.165) is 6.20 Å². The Morgan fingerprint density at radius 2 is 2.32 bits per heavy atom. The standard InChI is InChI=1S/C11H8ClFN2O4/c1-2-19-11(18)5-8(16)4-3-14-9(12)6(13)7(4)15-10(5)17/h3H,2H2,1H3,(H2,15,16,17). The molecule has 2 aromatic heterocycles. The average Bonchev–Trinajstić information content (AvgIpc) is 2.35. The molecule has 0 aliphatic rings. The summed E-state index contributed by atoms with van der Waals surface area (Å²) in [6, 6.07) is 0. The van der Waals surface area contributed by atoms with Crippen LogP contribution in [0, 0.1) is 5.82 Å². The number of aromatic nitrogens is 2. The van der Waals surface area contributed by atoms with Crippen LogP contribution < -0.4 is 5.56 Å². The van der Waals surface area contributed by atoms with Crippen molar-refractivity contribution in [2.45, 2.75) is 6.92 Å². The largest absolute Gasteiger partial charge is 0.506 e. The summed E-state index contributed by atoms with van der Waals surface area (Å²) in [6.45, 7) is 1.58. The van der Waals surface area contributed by atoms with Gasteiger partial charge in [-0.2, -0.15) is 0 Å². The number of hydrogen-bond donors (Lipinski definition) is 2. The van der Waals surface area contributed by atoms with Crippen LogP contribution in [0.2, 0.25) is 5.15 Å². The van der Waals surface area contributed by atoms with Crippen molar-refractivity contribution in [3.05, 3.63) is 33.1 Å². The van der Waals surface area contributed by atoms with Crippen molar-refractivity contribution in [1.82, 2.24) is 9.97 Å². The molecule has 2 aromatic rings. The summed E-state index contributed by atoms with van der Waals surface area (Å²) >= 11 is 5.46. The van der Waals surface area contributed by atoms with Crippen molar-refractivity contribution in [2.75, 3.05) is 6.61 Å². The second-order valence-electron chi connectivity index (χ2n) is 3.55. The van der Waals surface area contributed by atoms with Crippen molar-refractivity contribution < 1.29 is 19.0 Å². The molecule has 0 saturated carbocycles. The molecule has 0 saturated heterocycles. The molecular formula is C11H8ClFN2O4. The highest BCUT2D eigenvalue weighted by molar-refractivity contribution is 6.30. The van der Waals surface area contributed by atoms with Crippen LogP contribution in [0.15, 0.2) is 11.0 Å². The monoisotopic (exact) mass is 286 g/mol. The van der Waals surface area contributed by atoms with E-state index in [4.69, 9.17) is 11.6 Å². The molecule has 0 amide bonds. The zero-order chi connectivity index (χ0) is 14.2. The number of hydrogen-bond acceptors (Lipinski definition) is 5. The van der Waals surface area contributed by atoms with Gasteiger partial charge in [-0.25, -0.2) is 14.2 Å². The number of carbonyl (C=O) groups excluding carboxylic acids is 1. The van der Waals surface area contributed by atoms with E-state index < -0.39 is 33.8 Å². The van der Waals surface area contributed by atoms with Crippen molar-refractivity contribution in [3.63, 3.8) is 0 Å². The number of aromatic amines is 1. The lowest BCUT2D eigenvalue weighted by molar-refractivity contribution is 0.0521. The lowest BCUT2D eigenvalue weighted by Crippen LogP contribution is -2.20. The number of pyridine rings is 2. The lowest BCUT2D eigenvalue weighted by atomic mass is 10.1. The molecule has 8 heteroatoms. The number of esters is 1. The van der Waals surface area contributed by atoms with Gasteiger partial charge in [-0.1, -0.05) is 11.6 Å². The van der Waals surface area contributed by atoms with E-state index in [2.05, 4.69) is 14.7 Å². The third-order valence-corrected chi connectivity index (χ3v) is 2.68. The fourth-order valence-corrected chi connectivity index (χ4v) is 1.72. The van der Waals surface area contributed by atoms with E-state index >= 15 is 0 Å². The molecule has 2 rings (SSSR count). The zero-order valence-corrected chi connectivity index (χ0v) is 10.4. The van der Waals surface area contributed by atoms with Crippen molar-refractivity contribution in [3.8, 4) is 5.75 Å². The summed E-state index contributed by atoms with van der Waals surface area (Å²) in [5.41, 5.74) is -1.89. The molecule has 19 heavy (non-hydrogen) atoms. The van der Waals surface area contributed by atoms with E-state index in [-0.39, 0.29) is 17.5 Å². The number of nitrogens with zero attached hydrogens (tertiary/aromatic N) is 1. The first-order valence-corrected chi connectivity index (χ1v) is 5.61. The number of fused-ring (bicyclic) bond motifs is 1. The summed E-state index contributed by atoms with van der Waals surface area (Å²) in [5.74, 6) is -2.68. The van der Waals surface area contributed by atoms with Crippen LogP contribution in [-0.4, -0.2) is 27.7 Å². The highest BCUT2D eigenvalue weighted by atomic mass is 35.5. The molecule has 0 fully saturated rings. The molecule has 6 nitrogen and oxygen atoms in total. The summed E-state index contributed by atoms with van der Waals surface area (Å²) in [5, 5.41) is 9.29. The first-order valence-electron chi connectivity index (χ1n) is 5.23. The molecule has 0 radical (unpaired) electrons. The molecule has 2 N–H and O–H groups in total. The van der Waals surface area contributed by atoms with Gasteiger partial charge in [-0.05, 0) is 6.92 Å². The Balaban J connectivity index is 2.81. The van der Waals surface area contributed by atoms with Gasteiger partial charge in [0.25, 0.3) is 5.56 Å². The van der Waals surface area contributed by atoms with Crippen LogP contribution in [0.4, 0.5) is 4.39 Å². The summed E-state index contributed by atoms with van der Waals surface area (Å²) in [6.07, 6.45) is 1.05. The number of carbonyl (C=O) groups is 1. The molecule has 0 aromatic carbocycles. The zero-order valence-electron chi connectivity index (χ0n) is 9.66. The third kappa shape index (κ3) is 2.12. The van der Waals surface area contributed by atoms with Gasteiger partial charge in [-0.3, -0.25) is 4.79 Å². The number of ether oxygens (including phenoxy) is 1. The predicted molar refractivity (Wildman–Crippen MR) is 65.0 cm³/mol. The average molecular weight is 287 g/mol. The molecule has 0 spiro atoms. The maximum Gasteiger partial charge on any atom is 0.347 e. The van der Waals surface area contributed by atoms with E-state index in [1.807, 2.05) is 0 Å². The molecule has 0 aliphatic heterocycles. The summed E-state index contributed by atoms with van der Waals surface area (Å²) in [4.78, 5) is 28.9. The normalized spacial score (nSPS) is 10.7. The fourth-order valence-electron chi connectivity index (χ4n) is 1.58. The van der Waals surface area contributed by atoms with Crippen LogP contribution in [0.1, 0.15) is 17.3 Å². The molecule has 0 unspecified atom stereocenters. The predicted octanol–water partition coefficient (Wildman–Crippen LogP) is 1.60. The van der Waals surface area contributed by atoms with Gasteiger partial charge in [0.1, 0.15) is 5.75 Å². The molecule has 100 valence electrons. The number of H-pyrrole nitrogens is 1. The van der Waals surface area contributed by atoms with Gasteiger partial charge in [0.05, 0.1) is 17.5 Å². The number of halogens is 2. The first-order chi connectivity index (χ1) is 8.97. The van der Waals surface area contributed by atoms with Crippen molar-refractivity contribution in [2.24, 2.45) is 0 Å². The van der Waals surface area contributed by atoms with Crippen molar-refractivity contribution in [1.29, 1.82) is 0 Å². The second-order valence-corrected chi connectivity index (χ2v) is 3.91. The minimum atomic E-state index is -1.00. The van der Waals surface area contributed by atoms with Gasteiger partial charge < -0.3 is 14.8 Å². The fraction of sp³-hybridized carbons (Fsp3) is 0.182. The Morgan fingerprint density at radius 1 is 1.63 bits per heavy atom. The van der Waals surface area contributed by atoms with E-state index in [1.54, 1.807) is 6.92 Å². The van der Waals surface area contributed by atoms with Crippen LogP contribution in [0.3, 0.4) is 0 Å². The minimum absolute atomic E-state index is 0.0307. The highest BCUT2D eigenvalue weighted by Gasteiger charge is 2.22. The van der Waals surface area contributed by atoms with Gasteiger partial charge >= 0.3 is 5.97 Å². The Labute approximate surface area is 110 Å². The Morgan fingerprint density at radius 3 is 2.95 bits per heavy atom. The SMILES string of the molecule is CCOC(=O)c1c(O)c2cnc(Cl)c(F)c2[nH]c1=O. The van der Waals surface area contributed by atoms with E-state index in [1.165, 1.54) is 0 Å². The molecule has 0 aliphatic carbocycles. The van der Waals surface area contributed by atoms with Gasteiger partial charge in [-0.15, -0.1) is 0 Å². The molecule has 0 bridgehead atoms. The van der Waals surface area contributed by atoms with Gasteiger partial charge in [0, 0.05) is 6.20 Å². The topological polar surface area (TPSA) is 92.3 Å². The van der Waals surface area contributed by atoms with E-state index in [9.17, 15) is 19.1 Å². The van der Waals surface area contributed by atoms with Crippen LogP contribution in [-0.2, 0) is 4.74 Å². The maximum absolute atomic E-state index is 13.6. The Kier molecular flexibility index (Phi) is 3.39. The molecule has 2 heterocycles. The smallest absolute Gasteiger partial charge is 0.347 e. The molecule has 0 atom stereocenters. The summed E-state index contributed by atoms with van der Waals surface area (Å²) < 4.78 is 18.3. The number of nitrogens with one attached hydrogen (secondary N) is 1.